The van der Waals surface area contributed by atoms with Crippen LogP contribution in [0.1, 0.15) is 13.8 Å². The Morgan fingerprint density at radius 3 is 2.42 bits per heavy atom. The zero-order valence-electron chi connectivity index (χ0n) is 7.70. The number of nitrogens with zero attached hydrogens (tertiary/aromatic N) is 3. The van der Waals surface area contributed by atoms with Gasteiger partial charge in [-0.25, -0.2) is 0 Å². The van der Waals surface area contributed by atoms with Crippen LogP contribution in [0.2, 0.25) is 0 Å². The number of nitrogens with one attached hydrogen (secondary N) is 1. The summed E-state index contributed by atoms with van der Waals surface area (Å²) >= 11 is 0. The summed E-state index contributed by atoms with van der Waals surface area (Å²) in [7, 11) is 1.58. The molecule has 0 unspecified atom stereocenters. The predicted octanol–water partition coefficient (Wildman–Crippen LogP) is 0.191. The molecule has 0 saturated carbocycles. The predicted molar refractivity (Wildman–Crippen MR) is 52.5 cm³/mol. The second-order valence-electron chi connectivity index (χ2n) is 2.50. The van der Waals surface area contributed by atoms with Crippen molar-refractivity contribution in [2.75, 3.05) is 7.05 Å². The lowest BCUT2D eigenvalue weighted by atomic mass is 10.2. The van der Waals surface area contributed by atoms with Crippen molar-refractivity contribution < 1.29 is 0 Å². The van der Waals surface area contributed by atoms with E-state index < -0.39 is 0 Å². The summed E-state index contributed by atoms with van der Waals surface area (Å²) in [5, 5.41) is 3.50. The van der Waals surface area contributed by atoms with E-state index in [1.165, 1.54) is 0 Å². The molecule has 0 fully saturated rings. The standard InChI is InChI=1S/C7H15N5/c1-5(2)6(12-10-4)11-7(8)9-3/h5H,4H2,1-3H3,(H3,8,9,11,12). The summed E-state index contributed by atoms with van der Waals surface area (Å²) in [4.78, 5) is 7.68. The van der Waals surface area contributed by atoms with E-state index >= 15 is 0 Å². The Bertz CT molecular complexity index is 204. The minimum absolute atomic E-state index is 0.218. The molecule has 0 heterocycles. The van der Waals surface area contributed by atoms with Crippen LogP contribution in [0.25, 0.3) is 0 Å². The molecule has 0 aromatic heterocycles. The zero-order valence-corrected chi connectivity index (χ0v) is 7.70. The van der Waals surface area contributed by atoms with Gasteiger partial charge < -0.3 is 5.73 Å². The molecule has 0 aliphatic carbocycles. The summed E-state index contributed by atoms with van der Waals surface area (Å²) in [5.74, 6) is 1.11. The Labute approximate surface area is 72.5 Å². The third kappa shape index (κ3) is 3.70. The molecule has 0 aliphatic rings. The minimum Gasteiger partial charge on any atom is -0.368 e. The third-order valence-electron chi connectivity index (χ3n) is 1.20. The third-order valence-corrected chi connectivity index (χ3v) is 1.20. The largest absolute Gasteiger partial charge is 0.368 e. The number of rotatable bonds is 2. The fourth-order valence-corrected chi connectivity index (χ4v) is 0.538. The fraction of sp³-hybridized carbons (Fsp3) is 0.571. The van der Waals surface area contributed by atoms with Crippen LogP contribution in [0.15, 0.2) is 15.1 Å². The van der Waals surface area contributed by atoms with E-state index in [4.69, 9.17) is 5.73 Å². The molecule has 0 aromatic carbocycles. The van der Waals surface area contributed by atoms with Crippen molar-refractivity contribution >= 4 is 18.5 Å². The van der Waals surface area contributed by atoms with E-state index in [0.29, 0.717) is 5.84 Å². The summed E-state index contributed by atoms with van der Waals surface area (Å²) in [6, 6.07) is 0. The lowest BCUT2D eigenvalue weighted by Crippen LogP contribution is -2.26. The first-order valence-electron chi connectivity index (χ1n) is 3.64. The van der Waals surface area contributed by atoms with Crippen LogP contribution in [0.4, 0.5) is 0 Å². The molecular formula is C7H15N5. The molecule has 0 rings (SSSR count). The Hall–Kier alpha value is -1.39. The molecule has 0 saturated heterocycles. The Morgan fingerprint density at radius 2 is 2.08 bits per heavy atom. The number of guanidine groups is 1. The summed E-state index contributed by atoms with van der Waals surface area (Å²) < 4.78 is 0. The highest BCUT2D eigenvalue weighted by Crippen LogP contribution is 1.93. The van der Waals surface area contributed by atoms with E-state index in [-0.39, 0.29) is 11.9 Å². The van der Waals surface area contributed by atoms with Gasteiger partial charge in [0.25, 0.3) is 0 Å². The molecule has 5 heteroatoms. The van der Waals surface area contributed by atoms with E-state index in [1.54, 1.807) is 7.05 Å². The highest BCUT2D eigenvalue weighted by Gasteiger charge is 2.03. The molecule has 0 amide bonds. The highest BCUT2D eigenvalue weighted by molar-refractivity contribution is 5.96. The SMILES string of the molecule is C=NNC(=NC(N)=NC)C(C)C. The van der Waals surface area contributed by atoms with Crippen molar-refractivity contribution in [3.63, 3.8) is 0 Å². The van der Waals surface area contributed by atoms with Gasteiger partial charge in [-0.15, -0.1) is 0 Å². The van der Waals surface area contributed by atoms with Crippen LogP contribution in [0.5, 0.6) is 0 Å². The average Bonchev–Trinajstić information content (AvgIpc) is 2.03. The van der Waals surface area contributed by atoms with Crippen LogP contribution in [0, 0.1) is 5.92 Å². The van der Waals surface area contributed by atoms with Crippen LogP contribution < -0.4 is 11.2 Å². The van der Waals surface area contributed by atoms with Gasteiger partial charge in [0.2, 0.25) is 5.96 Å². The normalized spacial score (nSPS) is 13.3. The molecule has 0 aromatic rings. The Kier molecular flexibility index (Phi) is 4.67. The molecular weight excluding hydrogens is 154 g/mol. The maximum atomic E-state index is 5.40. The van der Waals surface area contributed by atoms with Gasteiger partial charge in [0.15, 0.2) is 0 Å². The van der Waals surface area contributed by atoms with Gasteiger partial charge >= 0.3 is 0 Å². The van der Waals surface area contributed by atoms with Gasteiger partial charge in [-0.2, -0.15) is 10.1 Å². The van der Waals surface area contributed by atoms with Gasteiger partial charge in [0, 0.05) is 19.7 Å². The van der Waals surface area contributed by atoms with Crippen molar-refractivity contribution in [2.24, 2.45) is 26.7 Å². The molecule has 12 heavy (non-hydrogen) atoms. The molecule has 5 nitrogen and oxygen atoms in total. The lowest BCUT2D eigenvalue weighted by molar-refractivity contribution is 0.819. The summed E-state index contributed by atoms with van der Waals surface area (Å²) in [5.41, 5.74) is 8.05. The van der Waals surface area contributed by atoms with Crippen molar-refractivity contribution in [3.05, 3.63) is 0 Å². The van der Waals surface area contributed by atoms with Crippen LogP contribution in [0.3, 0.4) is 0 Å². The van der Waals surface area contributed by atoms with Gasteiger partial charge in [-0.1, -0.05) is 13.8 Å². The van der Waals surface area contributed by atoms with Gasteiger partial charge in [-0.3, -0.25) is 10.4 Å². The number of aliphatic imine (C=N–C) groups is 2. The number of nitrogens with two attached hydrogens (primary N) is 1. The maximum Gasteiger partial charge on any atom is 0.216 e. The minimum atomic E-state index is 0.218. The molecule has 0 atom stereocenters. The van der Waals surface area contributed by atoms with E-state index in [0.717, 1.165) is 0 Å². The van der Waals surface area contributed by atoms with E-state index in [1.807, 2.05) is 13.8 Å². The zero-order chi connectivity index (χ0) is 9.56. The van der Waals surface area contributed by atoms with Gasteiger partial charge in [-0.05, 0) is 0 Å². The first-order chi connectivity index (χ1) is 5.61. The van der Waals surface area contributed by atoms with E-state index in [2.05, 4.69) is 27.2 Å². The smallest absolute Gasteiger partial charge is 0.216 e. The number of hydrogen-bond donors (Lipinski definition) is 2. The molecule has 0 spiro atoms. The second-order valence-corrected chi connectivity index (χ2v) is 2.50. The molecule has 68 valence electrons. The summed E-state index contributed by atoms with van der Waals surface area (Å²) in [6.45, 7) is 7.24. The topological polar surface area (TPSA) is 75.1 Å². The first kappa shape index (κ1) is 10.6. The molecule has 0 bridgehead atoms. The van der Waals surface area contributed by atoms with Crippen molar-refractivity contribution in [3.8, 4) is 0 Å². The van der Waals surface area contributed by atoms with Gasteiger partial charge in [0.1, 0.15) is 5.84 Å². The van der Waals surface area contributed by atoms with Crippen LogP contribution in [-0.2, 0) is 0 Å². The van der Waals surface area contributed by atoms with E-state index in [9.17, 15) is 0 Å². The molecule has 0 aliphatic heterocycles. The lowest BCUT2D eigenvalue weighted by Gasteiger charge is -2.07. The summed E-state index contributed by atoms with van der Waals surface area (Å²) in [6.07, 6.45) is 0. The number of hydrazone groups is 1. The Balaban J connectivity index is 4.48. The maximum absolute atomic E-state index is 5.40. The number of hydrogen-bond acceptors (Lipinski definition) is 2. The van der Waals surface area contributed by atoms with Crippen molar-refractivity contribution in [2.45, 2.75) is 13.8 Å². The molecule has 0 radical (unpaired) electrons. The average molecular weight is 169 g/mol. The quantitative estimate of drug-likeness (QED) is 0.352. The van der Waals surface area contributed by atoms with Crippen molar-refractivity contribution in [1.82, 2.24) is 5.43 Å². The van der Waals surface area contributed by atoms with Crippen LogP contribution in [-0.4, -0.2) is 25.6 Å². The van der Waals surface area contributed by atoms with Crippen molar-refractivity contribution in [1.29, 1.82) is 0 Å². The first-order valence-corrected chi connectivity index (χ1v) is 3.64. The second kappa shape index (κ2) is 5.29. The Morgan fingerprint density at radius 1 is 1.50 bits per heavy atom. The fourth-order valence-electron chi connectivity index (χ4n) is 0.538. The molecule has 3 N–H and O–H groups in total. The highest BCUT2D eigenvalue weighted by atomic mass is 15.3. The number of amidine groups is 1. The van der Waals surface area contributed by atoms with Gasteiger partial charge in [0.05, 0.1) is 0 Å². The monoisotopic (exact) mass is 169 g/mol. The van der Waals surface area contributed by atoms with Crippen LogP contribution >= 0.6 is 0 Å².